The molecule has 1 amide bonds. The van der Waals surface area contributed by atoms with Crippen molar-refractivity contribution in [3.05, 3.63) is 95.9 Å². The van der Waals surface area contributed by atoms with Gasteiger partial charge in [-0.2, -0.15) is 0 Å². The second-order valence-corrected chi connectivity index (χ2v) is 9.54. The van der Waals surface area contributed by atoms with Crippen LogP contribution in [0.4, 0.5) is 27.5 Å². The highest BCUT2D eigenvalue weighted by Crippen LogP contribution is 2.33. The van der Waals surface area contributed by atoms with Gasteiger partial charge in [-0.1, -0.05) is 42.5 Å². The lowest BCUT2D eigenvalue weighted by molar-refractivity contribution is 0.210. The molecule has 0 unspecified atom stereocenters. The second-order valence-electron chi connectivity index (χ2n) is 8.59. The number of amides is 1. The van der Waals surface area contributed by atoms with Crippen molar-refractivity contribution < 1.29 is 9.90 Å². The average Bonchev–Trinajstić information content (AvgIpc) is 3.42. The van der Waals surface area contributed by atoms with Gasteiger partial charge < -0.3 is 15.3 Å². The van der Waals surface area contributed by atoms with Crippen LogP contribution < -0.4 is 15.5 Å². The molecule has 0 aliphatic carbocycles. The van der Waals surface area contributed by atoms with E-state index in [0.717, 1.165) is 54.5 Å². The fourth-order valence-electron chi connectivity index (χ4n) is 4.38. The normalized spacial score (nSPS) is 14.0. The molecule has 0 spiro atoms. The van der Waals surface area contributed by atoms with Crippen molar-refractivity contribution in [3.8, 4) is 10.4 Å². The molecule has 1 fully saturated rings. The topological polar surface area (TPSA) is 67.8 Å². The number of thiophene rings is 1. The summed E-state index contributed by atoms with van der Waals surface area (Å²) in [5.41, 5.74) is 5.76. The smallest absolute Gasteiger partial charge is 0.409 e. The summed E-state index contributed by atoms with van der Waals surface area (Å²) >= 11 is 1.66. The molecule has 3 aromatic carbocycles. The maximum Gasteiger partial charge on any atom is 0.409 e. The van der Waals surface area contributed by atoms with E-state index in [4.69, 9.17) is 0 Å². The van der Waals surface area contributed by atoms with Crippen LogP contribution in [0.25, 0.3) is 10.4 Å². The van der Waals surface area contributed by atoms with Crippen LogP contribution in [0.2, 0.25) is 0 Å². The summed E-state index contributed by atoms with van der Waals surface area (Å²) in [5.74, 6) is 0. The molecule has 7 heteroatoms. The molecular formula is C28H28N4O2S. The van der Waals surface area contributed by atoms with Gasteiger partial charge >= 0.3 is 6.09 Å². The fraction of sp³-hybridized carbons (Fsp3) is 0.179. The van der Waals surface area contributed by atoms with Crippen molar-refractivity contribution in [2.75, 3.05) is 41.7 Å². The number of hydrogen-bond acceptors (Lipinski definition) is 5. The van der Waals surface area contributed by atoms with Gasteiger partial charge in [-0.3, -0.25) is 10.2 Å². The summed E-state index contributed by atoms with van der Waals surface area (Å²) in [6.07, 6.45) is -1.08. The molecule has 0 saturated carbocycles. The SMILES string of the molecule is O=C(O)Nc1ccc(-c2cccs2)cc1Nc1ccc(N2CCN(Cc3ccccc3)CC2)cc1. The summed E-state index contributed by atoms with van der Waals surface area (Å²) in [7, 11) is 0. The Kier molecular flexibility index (Phi) is 6.97. The minimum absolute atomic E-state index is 0.524. The third-order valence-corrected chi connectivity index (χ3v) is 7.12. The van der Waals surface area contributed by atoms with E-state index in [2.05, 4.69) is 69.0 Å². The van der Waals surface area contributed by atoms with E-state index in [0.29, 0.717) is 5.69 Å². The lowest BCUT2D eigenvalue weighted by Gasteiger charge is -2.36. The Labute approximate surface area is 209 Å². The van der Waals surface area contributed by atoms with Crippen LogP contribution >= 0.6 is 11.3 Å². The molecule has 5 rings (SSSR count). The Balaban J connectivity index is 1.25. The Morgan fingerprint density at radius 1 is 0.857 bits per heavy atom. The van der Waals surface area contributed by atoms with Gasteiger partial charge in [0.15, 0.2) is 0 Å². The van der Waals surface area contributed by atoms with Crippen LogP contribution in [-0.2, 0) is 6.54 Å². The molecule has 1 aliphatic heterocycles. The molecule has 0 bridgehead atoms. The maximum atomic E-state index is 11.3. The largest absolute Gasteiger partial charge is 0.465 e. The summed E-state index contributed by atoms with van der Waals surface area (Å²) in [5, 5.41) is 17.2. The van der Waals surface area contributed by atoms with Crippen LogP contribution in [0.3, 0.4) is 0 Å². The van der Waals surface area contributed by atoms with Crippen molar-refractivity contribution in [2.24, 2.45) is 0 Å². The highest BCUT2D eigenvalue weighted by Gasteiger charge is 2.17. The van der Waals surface area contributed by atoms with Crippen molar-refractivity contribution in [1.29, 1.82) is 0 Å². The van der Waals surface area contributed by atoms with E-state index in [1.807, 2.05) is 35.7 Å². The first-order valence-electron chi connectivity index (χ1n) is 11.7. The van der Waals surface area contributed by atoms with Gasteiger partial charge in [0, 0.05) is 49.0 Å². The first-order valence-corrected chi connectivity index (χ1v) is 12.6. The number of piperazine rings is 1. The molecule has 1 aromatic heterocycles. The highest BCUT2D eigenvalue weighted by atomic mass is 32.1. The zero-order chi connectivity index (χ0) is 24.0. The zero-order valence-corrected chi connectivity index (χ0v) is 20.2. The minimum Gasteiger partial charge on any atom is -0.465 e. The van der Waals surface area contributed by atoms with Gasteiger partial charge in [0.05, 0.1) is 11.4 Å². The lowest BCUT2D eigenvalue weighted by Crippen LogP contribution is -2.45. The van der Waals surface area contributed by atoms with Crippen molar-refractivity contribution >= 4 is 40.2 Å². The third kappa shape index (κ3) is 5.82. The first kappa shape index (κ1) is 23.0. The predicted octanol–water partition coefficient (Wildman–Crippen LogP) is 6.57. The highest BCUT2D eigenvalue weighted by molar-refractivity contribution is 7.13. The number of hydrogen-bond donors (Lipinski definition) is 3. The molecule has 4 aromatic rings. The molecule has 178 valence electrons. The zero-order valence-electron chi connectivity index (χ0n) is 19.4. The Bertz CT molecular complexity index is 1250. The van der Waals surface area contributed by atoms with E-state index in [9.17, 15) is 9.90 Å². The van der Waals surface area contributed by atoms with Gasteiger partial charge in [-0.15, -0.1) is 11.3 Å². The number of carboxylic acid groups (broad SMARTS) is 1. The first-order chi connectivity index (χ1) is 17.1. The molecule has 3 N–H and O–H groups in total. The van der Waals surface area contributed by atoms with Crippen LogP contribution in [0.5, 0.6) is 0 Å². The van der Waals surface area contributed by atoms with Gasteiger partial charge in [0.25, 0.3) is 0 Å². The van der Waals surface area contributed by atoms with E-state index < -0.39 is 6.09 Å². The number of anilines is 4. The number of carbonyl (C=O) groups is 1. The molecule has 35 heavy (non-hydrogen) atoms. The minimum atomic E-state index is -1.08. The van der Waals surface area contributed by atoms with Gasteiger partial charge in [0.1, 0.15) is 0 Å². The van der Waals surface area contributed by atoms with Gasteiger partial charge in [0.2, 0.25) is 0 Å². The van der Waals surface area contributed by atoms with Crippen LogP contribution in [0.1, 0.15) is 5.56 Å². The molecule has 1 aliphatic rings. The molecule has 1 saturated heterocycles. The monoisotopic (exact) mass is 484 g/mol. The lowest BCUT2D eigenvalue weighted by atomic mass is 10.1. The van der Waals surface area contributed by atoms with Gasteiger partial charge in [-0.25, -0.2) is 4.79 Å². The number of nitrogens with one attached hydrogen (secondary N) is 2. The van der Waals surface area contributed by atoms with E-state index >= 15 is 0 Å². The van der Waals surface area contributed by atoms with Crippen molar-refractivity contribution in [1.82, 2.24) is 4.90 Å². The summed E-state index contributed by atoms with van der Waals surface area (Å²) in [4.78, 5) is 17.3. The summed E-state index contributed by atoms with van der Waals surface area (Å²) in [6.45, 7) is 5.06. The van der Waals surface area contributed by atoms with Crippen molar-refractivity contribution in [2.45, 2.75) is 6.54 Å². The van der Waals surface area contributed by atoms with Crippen molar-refractivity contribution in [3.63, 3.8) is 0 Å². The van der Waals surface area contributed by atoms with E-state index in [1.54, 1.807) is 17.4 Å². The number of rotatable bonds is 7. The standard InChI is InChI=1S/C28H28N4O2S/c33-28(34)30-25-13-8-22(27-7-4-18-35-27)19-26(25)29-23-9-11-24(12-10-23)32-16-14-31(15-17-32)20-21-5-2-1-3-6-21/h1-13,18-19,29-30H,14-17,20H2,(H,33,34). The average molecular weight is 485 g/mol. The summed E-state index contributed by atoms with van der Waals surface area (Å²) in [6, 6.07) is 28.8. The Morgan fingerprint density at radius 3 is 2.31 bits per heavy atom. The van der Waals surface area contributed by atoms with E-state index in [1.165, 1.54) is 11.3 Å². The van der Waals surface area contributed by atoms with E-state index in [-0.39, 0.29) is 0 Å². The molecular weight excluding hydrogens is 456 g/mol. The second kappa shape index (κ2) is 10.6. The van der Waals surface area contributed by atoms with Gasteiger partial charge in [-0.05, 0) is 59.0 Å². The van der Waals surface area contributed by atoms with Crippen LogP contribution in [0.15, 0.2) is 90.3 Å². The fourth-order valence-corrected chi connectivity index (χ4v) is 5.11. The molecule has 0 radical (unpaired) electrons. The molecule has 6 nitrogen and oxygen atoms in total. The molecule has 0 atom stereocenters. The number of benzene rings is 3. The summed E-state index contributed by atoms with van der Waals surface area (Å²) < 4.78 is 0. The molecule has 2 heterocycles. The maximum absolute atomic E-state index is 11.3. The Morgan fingerprint density at radius 2 is 1.63 bits per heavy atom. The van der Waals surface area contributed by atoms with Crippen LogP contribution in [-0.4, -0.2) is 42.3 Å². The third-order valence-electron chi connectivity index (χ3n) is 6.20. The van der Waals surface area contributed by atoms with Crippen LogP contribution in [0, 0.1) is 0 Å². The predicted molar refractivity (Wildman–Crippen MR) is 145 cm³/mol. The quantitative estimate of drug-likeness (QED) is 0.277. The number of nitrogens with zero attached hydrogens (tertiary/aromatic N) is 2. The Hall–Kier alpha value is -3.81.